The lowest BCUT2D eigenvalue weighted by molar-refractivity contribution is -0.156. The Morgan fingerprint density at radius 3 is 1.75 bits per heavy atom. The van der Waals surface area contributed by atoms with Crippen molar-refractivity contribution in [1.29, 1.82) is 0 Å². The number of halogens is 5. The molecular weight excluding hydrogens is 186 g/mol. The largest absolute Gasteiger partial charge is 0.306 e. The maximum atomic E-state index is 11.2. The van der Waals surface area contributed by atoms with E-state index in [0.29, 0.717) is 0 Å². The summed E-state index contributed by atoms with van der Waals surface area (Å²) in [4.78, 5) is 0. The minimum atomic E-state index is -2.76. The fourth-order valence-electron chi connectivity index (χ4n) is 0.0261. The molecule has 0 fully saturated rings. The number of rotatable bonds is 2. The zero-order chi connectivity index (χ0) is 6.78. The minimum absolute atomic E-state index is 0.858. The molecule has 0 N–H and O–H groups in total. The summed E-state index contributed by atoms with van der Waals surface area (Å²) in [5, 5.41) is -1.64. The van der Waals surface area contributed by atoms with Gasteiger partial charge in [-0.05, 0) is 0 Å². The summed E-state index contributed by atoms with van der Waals surface area (Å²) < 4.78 is 30.6. The second-order valence-electron chi connectivity index (χ2n) is 0.796. The van der Waals surface area contributed by atoms with Gasteiger partial charge in [0, 0.05) is 0 Å². The van der Waals surface area contributed by atoms with Crippen LogP contribution in [-0.4, -0.2) is 9.13 Å². The zero-order valence-electron chi connectivity index (χ0n) is 3.25. The summed E-state index contributed by atoms with van der Waals surface area (Å²) in [6.45, 7) is 0. The van der Waals surface area contributed by atoms with Crippen LogP contribution in [0.1, 0.15) is 0 Å². The quantitative estimate of drug-likeness (QED) is 0.282. The first kappa shape index (κ1) is 8.68. The van der Waals surface area contributed by atoms with Crippen LogP contribution in [0.4, 0.5) is 12.8 Å². The normalized spacial score (nSPS) is 12.8. The second kappa shape index (κ2) is 3.00. The Balaban J connectivity index is 3.71. The molecule has 8 heavy (non-hydrogen) atoms. The van der Waals surface area contributed by atoms with Gasteiger partial charge in [0.15, 0.2) is 0 Å². The summed E-state index contributed by atoms with van der Waals surface area (Å²) in [5.41, 5.74) is 0. The van der Waals surface area contributed by atoms with Gasteiger partial charge in [0.1, 0.15) is 12.1 Å². The molecule has 0 radical (unpaired) electrons. The van der Waals surface area contributed by atoms with E-state index < -0.39 is 21.3 Å². The van der Waals surface area contributed by atoms with Crippen molar-refractivity contribution in [3.63, 3.8) is 0 Å². The first-order valence-corrected chi connectivity index (χ1v) is 2.77. The predicted molar refractivity (Wildman–Crippen MR) is 27.2 cm³/mol. The molecule has 0 atom stereocenters. The van der Waals surface area contributed by atoms with Crippen molar-refractivity contribution < 1.29 is 12.8 Å². The summed E-state index contributed by atoms with van der Waals surface area (Å²) >= 11 is 8.31. The molecule has 0 aliphatic rings. The third-order valence-electron chi connectivity index (χ3n) is 0.290. The molecule has 0 heterocycles. The van der Waals surface area contributed by atoms with Gasteiger partial charge >= 0.3 is 3.79 Å². The Labute approximate surface area is 57.9 Å². The van der Waals surface area contributed by atoms with Crippen LogP contribution in [0, 0.1) is 0 Å². The average molecular weight is 186 g/mol. The van der Waals surface area contributed by atoms with Crippen molar-refractivity contribution in [2.45, 2.75) is 3.79 Å². The van der Waals surface area contributed by atoms with E-state index in [1.54, 1.807) is 0 Å². The van der Waals surface area contributed by atoms with Crippen molar-refractivity contribution in [3.8, 4) is 0 Å². The summed E-state index contributed by atoms with van der Waals surface area (Å²) in [6.07, 6.45) is 0. The smallest absolute Gasteiger partial charge is 0.160 e. The highest BCUT2D eigenvalue weighted by Crippen LogP contribution is 2.39. The molecule has 0 aromatic carbocycles. The minimum Gasteiger partial charge on any atom is -0.160 e. The molecule has 0 amide bonds. The van der Waals surface area contributed by atoms with E-state index >= 15 is 0 Å². The Morgan fingerprint density at radius 1 is 1.38 bits per heavy atom. The Morgan fingerprint density at radius 2 is 1.75 bits per heavy atom. The number of nitrogens with zero attached hydrogens (tertiary/aromatic N) is 1. The highest BCUT2D eigenvalue weighted by atomic mass is 35.5. The van der Waals surface area contributed by atoms with Crippen LogP contribution in [0.5, 0.6) is 0 Å². The molecule has 7 heteroatoms. The van der Waals surface area contributed by atoms with Crippen LogP contribution < -0.4 is 0 Å². The molecule has 0 aromatic heterocycles. The SMILES string of the molecule is FSC(Cl)(Cl)N(F)F. The molecule has 0 rings (SSSR count). The second-order valence-corrected chi connectivity index (χ2v) is 3.28. The molecule has 0 aliphatic carbocycles. The average Bonchev–Trinajstić information content (AvgIpc) is 1.67. The van der Waals surface area contributed by atoms with E-state index in [1.165, 1.54) is 0 Å². The third kappa shape index (κ3) is 2.30. The van der Waals surface area contributed by atoms with Gasteiger partial charge in [-0.1, -0.05) is 32.2 Å². The van der Waals surface area contributed by atoms with Crippen LogP contribution in [0.2, 0.25) is 0 Å². The molecule has 0 saturated carbocycles. The zero-order valence-corrected chi connectivity index (χ0v) is 5.57. The number of alkyl halides is 2. The van der Waals surface area contributed by atoms with Gasteiger partial charge in [-0.25, -0.2) is 0 Å². The lowest BCUT2D eigenvalue weighted by atomic mass is 11.4. The van der Waals surface area contributed by atoms with Crippen molar-refractivity contribution in [2.24, 2.45) is 0 Å². The topological polar surface area (TPSA) is 3.24 Å². The van der Waals surface area contributed by atoms with E-state index in [0.717, 1.165) is 0 Å². The third-order valence-corrected chi connectivity index (χ3v) is 1.22. The molecule has 0 spiro atoms. The first-order chi connectivity index (χ1) is 3.50. The van der Waals surface area contributed by atoms with Crippen LogP contribution >= 0.6 is 35.3 Å². The van der Waals surface area contributed by atoms with E-state index in [-0.39, 0.29) is 0 Å². The highest BCUT2D eigenvalue weighted by Gasteiger charge is 2.36. The fraction of sp³-hybridized carbons (Fsp3) is 1.00. The van der Waals surface area contributed by atoms with Crippen molar-refractivity contribution in [3.05, 3.63) is 0 Å². The molecule has 0 bridgehead atoms. The van der Waals surface area contributed by atoms with E-state index in [1.807, 2.05) is 0 Å². The maximum absolute atomic E-state index is 11.2. The number of hydrogen-bond donors (Lipinski definition) is 0. The van der Waals surface area contributed by atoms with Crippen molar-refractivity contribution in [2.75, 3.05) is 0 Å². The summed E-state index contributed by atoms with van der Waals surface area (Å²) in [6, 6.07) is 0. The van der Waals surface area contributed by atoms with Crippen LogP contribution in [0.3, 0.4) is 0 Å². The summed E-state index contributed by atoms with van der Waals surface area (Å²) in [5.74, 6) is 0. The Kier molecular flexibility index (Phi) is 3.26. The van der Waals surface area contributed by atoms with E-state index in [4.69, 9.17) is 0 Å². The lowest BCUT2D eigenvalue weighted by Crippen LogP contribution is -2.20. The van der Waals surface area contributed by atoms with Gasteiger partial charge in [-0.3, -0.25) is 0 Å². The van der Waals surface area contributed by atoms with Crippen molar-refractivity contribution >= 4 is 35.3 Å². The van der Waals surface area contributed by atoms with Crippen molar-refractivity contribution in [1.82, 2.24) is 5.34 Å². The first-order valence-electron chi connectivity index (χ1n) is 1.30. The van der Waals surface area contributed by atoms with Gasteiger partial charge in [0.05, 0.1) is 5.34 Å². The highest BCUT2D eigenvalue weighted by molar-refractivity contribution is 7.98. The van der Waals surface area contributed by atoms with Crippen LogP contribution in [-0.2, 0) is 0 Å². The molecular formula is CCl2F3NS. The molecule has 50 valence electrons. The van der Waals surface area contributed by atoms with Crippen LogP contribution in [0.25, 0.3) is 0 Å². The predicted octanol–water partition coefficient (Wildman–Crippen LogP) is 2.76. The standard InChI is InChI=1S/CCl2F3NS/c2-1(3,8-6)7(4)5. The van der Waals surface area contributed by atoms with Gasteiger partial charge in [0.25, 0.3) is 0 Å². The molecule has 0 saturated heterocycles. The van der Waals surface area contributed by atoms with Gasteiger partial charge in [0.2, 0.25) is 0 Å². The van der Waals surface area contributed by atoms with Gasteiger partial charge in [-0.15, -0.1) is 0 Å². The maximum Gasteiger partial charge on any atom is 0.306 e. The summed E-state index contributed by atoms with van der Waals surface area (Å²) in [7, 11) is 0. The lowest BCUT2D eigenvalue weighted by Gasteiger charge is -2.11. The number of hydrogen-bond acceptors (Lipinski definition) is 2. The Bertz CT molecular complexity index is 77.7. The Hall–Kier alpha value is 0.680. The van der Waals surface area contributed by atoms with Crippen LogP contribution in [0.15, 0.2) is 0 Å². The van der Waals surface area contributed by atoms with E-state index in [2.05, 4.69) is 23.2 Å². The van der Waals surface area contributed by atoms with E-state index in [9.17, 15) is 12.8 Å². The molecule has 1 nitrogen and oxygen atoms in total. The van der Waals surface area contributed by atoms with Gasteiger partial charge in [-0.2, -0.15) is 3.89 Å². The molecule has 0 aromatic rings. The molecule has 0 aliphatic heterocycles. The monoisotopic (exact) mass is 185 g/mol. The van der Waals surface area contributed by atoms with Gasteiger partial charge < -0.3 is 0 Å². The fourth-order valence-corrected chi connectivity index (χ4v) is 0.0782. The molecule has 0 unspecified atom stereocenters.